The van der Waals surface area contributed by atoms with Gasteiger partial charge >= 0.3 is 0 Å². The van der Waals surface area contributed by atoms with Gasteiger partial charge in [0.15, 0.2) is 12.0 Å². The van der Waals surface area contributed by atoms with E-state index < -0.39 is 0 Å². The van der Waals surface area contributed by atoms with Crippen molar-refractivity contribution in [3.8, 4) is 0 Å². The van der Waals surface area contributed by atoms with Crippen molar-refractivity contribution < 1.29 is 14.0 Å². The Morgan fingerprint density at radius 1 is 1.07 bits per heavy atom. The van der Waals surface area contributed by atoms with Gasteiger partial charge in [0, 0.05) is 15.6 Å². The fourth-order valence-corrected chi connectivity index (χ4v) is 3.46. The lowest BCUT2D eigenvalue weighted by atomic mass is 10.0. The van der Waals surface area contributed by atoms with Gasteiger partial charge in [0.25, 0.3) is 5.91 Å². The van der Waals surface area contributed by atoms with Crippen LogP contribution in [-0.4, -0.2) is 12.2 Å². The van der Waals surface area contributed by atoms with Crippen LogP contribution in [0.25, 0.3) is 11.6 Å². The number of aldehydes is 1. The molecule has 0 aliphatic carbocycles. The predicted octanol–water partition coefficient (Wildman–Crippen LogP) is 5.25. The molecule has 0 saturated heterocycles. The van der Waals surface area contributed by atoms with Crippen LogP contribution in [0.15, 0.2) is 63.5 Å². The lowest BCUT2D eigenvalue weighted by Crippen LogP contribution is -2.25. The van der Waals surface area contributed by atoms with Crippen molar-refractivity contribution in [3.63, 3.8) is 0 Å². The van der Waals surface area contributed by atoms with E-state index in [1.807, 2.05) is 55.5 Å². The van der Waals surface area contributed by atoms with Gasteiger partial charge in [0.2, 0.25) is 0 Å². The van der Waals surface area contributed by atoms with E-state index in [1.54, 1.807) is 17.0 Å². The van der Waals surface area contributed by atoms with Crippen molar-refractivity contribution in [2.45, 2.75) is 13.5 Å². The second-order valence-corrected chi connectivity index (χ2v) is 7.36. The lowest BCUT2D eigenvalue weighted by Gasteiger charge is -2.15. The molecule has 4 rings (SSSR count). The lowest BCUT2D eigenvalue weighted by molar-refractivity contribution is -0.113. The first kappa shape index (κ1) is 17.5. The summed E-state index contributed by atoms with van der Waals surface area (Å²) < 4.78 is 6.45. The largest absolute Gasteiger partial charge is 0.456 e. The van der Waals surface area contributed by atoms with E-state index in [1.165, 1.54) is 0 Å². The SMILES string of the molecule is Cc1ccc2c(c1)/C(=C/c1ccc(Br)cc1)C(=O)N2Cc1ccc(C=O)o1. The van der Waals surface area contributed by atoms with Crippen LogP contribution in [0, 0.1) is 6.92 Å². The molecule has 0 radical (unpaired) electrons. The zero-order chi connectivity index (χ0) is 19.0. The fourth-order valence-electron chi connectivity index (χ4n) is 3.19. The Labute approximate surface area is 165 Å². The van der Waals surface area contributed by atoms with E-state index in [-0.39, 0.29) is 18.2 Å². The average molecular weight is 422 g/mol. The van der Waals surface area contributed by atoms with Crippen molar-refractivity contribution in [2.24, 2.45) is 0 Å². The highest BCUT2D eigenvalue weighted by molar-refractivity contribution is 9.10. The first-order chi connectivity index (χ1) is 13.0. The Bertz CT molecular complexity index is 1060. The molecule has 0 atom stereocenters. The first-order valence-electron chi connectivity index (χ1n) is 8.49. The van der Waals surface area contributed by atoms with E-state index in [2.05, 4.69) is 15.9 Å². The number of halogens is 1. The number of anilines is 1. The molecule has 3 aromatic rings. The summed E-state index contributed by atoms with van der Waals surface area (Å²) in [7, 11) is 0. The summed E-state index contributed by atoms with van der Waals surface area (Å²) in [5.74, 6) is 0.746. The minimum atomic E-state index is -0.0810. The topological polar surface area (TPSA) is 50.5 Å². The highest BCUT2D eigenvalue weighted by Gasteiger charge is 2.33. The smallest absolute Gasteiger partial charge is 0.259 e. The van der Waals surface area contributed by atoms with Crippen LogP contribution in [0.3, 0.4) is 0 Å². The van der Waals surface area contributed by atoms with Crippen LogP contribution >= 0.6 is 15.9 Å². The number of aryl methyl sites for hydroxylation is 1. The van der Waals surface area contributed by atoms with E-state index in [9.17, 15) is 9.59 Å². The van der Waals surface area contributed by atoms with Gasteiger partial charge in [0.1, 0.15) is 5.76 Å². The van der Waals surface area contributed by atoms with Gasteiger partial charge in [-0.15, -0.1) is 0 Å². The summed E-state index contributed by atoms with van der Waals surface area (Å²) in [5, 5.41) is 0. The van der Waals surface area contributed by atoms with Gasteiger partial charge in [-0.1, -0.05) is 39.7 Å². The Morgan fingerprint density at radius 3 is 2.56 bits per heavy atom. The van der Waals surface area contributed by atoms with Gasteiger partial charge < -0.3 is 9.32 Å². The standard InChI is InChI=1S/C22H16BrNO3/c1-14-2-9-21-19(10-14)20(11-15-3-5-16(23)6-4-15)22(26)24(21)12-17-7-8-18(13-25)27-17/h2-11,13H,12H2,1H3/b20-11-. The molecule has 2 heterocycles. The third-order valence-corrected chi connectivity index (χ3v) is 5.03. The summed E-state index contributed by atoms with van der Waals surface area (Å²) >= 11 is 3.43. The molecule has 0 N–H and O–H groups in total. The van der Waals surface area contributed by atoms with Crippen LogP contribution in [-0.2, 0) is 11.3 Å². The molecule has 4 nitrogen and oxygen atoms in total. The highest BCUT2D eigenvalue weighted by Crippen LogP contribution is 2.39. The van der Waals surface area contributed by atoms with E-state index in [0.717, 1.165) is 26.9 Å². The van der Waals surface area contributed by atoms with E-state index >= 15 is 0 Å². The number of hydrogen-bond donors (Lipinski definition) is 0. The van der Waals surface area contributed by atoms with Crippen LogP contribution in [0.2, 0.25) is 0 Å². The maximum atomic E-state index is 13.2. The molecule has 1 aliphatic heterocycles. The van der Waals surface area contributed by atoms with Gasteiger partial charge in [-0.3, -0.25) is 9.59 Å². The number of carbonyl (C=O) groups excluding carboxylic acids is 2. The van der Waals surface area contributed by atoms with Crippen molar-refractivity contribution in [1.29, 1.82) is 0 Å². The molecular formula is C22H16BrNO3. The molecule has 1 aromatic heterocycles. The minimum absolute atomic E-state index is 0.0810. The van der Waals surface area contributed by atoms with Crippen LogP contribution in [0.1, 0.15) is 33.0 Å². The molecule has 0 spiro atoms. The monoisotopic (exact) mass is 421 g/mol. The van der Waals surface area contributed by atoms with Crippen molar-refractivity contribution in [3.05, 3.63) is 87.3 Å². The third kappa shape index (κ3) is 3.38. The molecule has 27 heavy (non-hydrogen) atoms. The molecular weight excluding hydrogens is 406 g/mol. The normalized spacial score (nSPS) is 14.7. The third-order valence-electron chi connectivity index (χ3n) is 4.50. The minimum Gasteiger partial charge on any atom is -0.456 e. The Kier molecular flexibility index (Phi) is 4.54. The summed E-state index contributed by atoms with van der Waals surface area (Å²) in [6.45, 7) is 2.29. The van der Waals surface area contributed by atoms with Crippen LogP contribution in [0.4, 0.5) is 5.69 Å². The van der Waals surface area contributed by atoms with Crippen LogP contribution in [0.5, 0.6) is 0 Å². The average Bonchev–Trinajstić information content (AvgIpc) is 3.22. The maximum absolute atomic E-state index is 13.2. The second-order valence-electron chi connectivity index (χ2n) is 6.44. The summed E-state index contributed by atoms with van der Waals surface area (Å²) in [4.78, 5) is 25.7. The molecule has 0 bridgehead atoms. The molecule has 1 amide bonds. The quantitative estimate of drug-likeness (QED) is 0.426. The number of amides is 1. The molecule has 0 saturated carbocycles. The Hall–Kier alpha value is -2.92. The first-order valence-corrected chi connectivity index (χ1v) is 9.28. The number of benzene rings is 2. The highest BCUT2D eigenvalue weighted by atomic mass is 79.9. The number of nitrogens with zero attached hydrogens (tertiary/aromatic N) is 1. The van der Waals surface area contributed by atoms with Gasteiger partial charge in [0.05, 0.1) is 12.2 Å². The van der Waals surface area contributed by atoms with Crippen molar-refractivity contribution >= 4 is 45.5 Å². The zero-order valence-electron chi connectivity index (χ0n) is 14.6. The molecule has 0 unspecified atom stereocenters. The van der Waals surface area contributed by atoms with Gasteiger partial charge in [-0.2, -0.15) is 0 Å². The molecule has 1 aliphatic rings. The molecule has 134 valence electrons. The van der Waals surface area contributed by atoms with E-state index in [0.29, 0.717) is 17.6 Å². The fraction of sp³-hybridized carbons (Fsp3) is 0.0909. The number of hydrogen-bond acceptors (Lipinski definition) is 3. The Balaban J connectivity index is 1.75. The summed E-state index contributed by atoms with van der Waals surface area (Å²) in [6.07, 6.45) is 2.57. The second kappa shape index (κ2) is 7.00. The van der Waals surface area contributed by atoms with Crippen molar-refractivity contribution in [1.82, 2.24) is 0 Å². The predicted molar refractivity (Wildman–Crippen MR) is 108 cm³/mol. The van der Waals surface area contributed by atoms with Gasteiger partial charge in [-0.05, 0) is 55.0 Å². The maximum Gasteiger partial charge on any atom is 0.259 e. The summed E-state index contributed by atoms with van der Waals surface area (Å²) in [6, 6.07) is 17.1. The number of furan rings is 1. The number of fused-ring (bicyclic) bond motifs is 1. The molecule has 5 heteroatoms. The van der Waals surface area contributed by atoms with Crippen molar-refractivity contribution in [2.75, 3.05) is 4.90 Å². The van der Waals surface area contributed by atoms with Gasteiger partial charge in [-0.25, -0.2) is 0 Å². The zero-order valence-corrected chi connectivity index (χ0v) is 16.2. The number of carbonyl (C=O) groups is 2. The Morgan fingerprint density at radius 2 is 1.85 bits per heavy atom. The summed E-state index contributed by atoms with van der Waals surface area (Å²) in [5.41, 5.74) is 4.45. The van der Waals surface area contributed by atoms with Crippen LogP contribution < -0.4 is 4.90 Å². The number of rotatable bonds is 4. The molecule has 0 fully saturated rings. The molecule has 2 aromatic carbocycles. The van der Waals surface area contributed by atoms with E-state index in [4.69, 9.17) is 4.42 Å².